The summed E-state index contributed by atoms with van der Waals surface area (Å²) in [5.41, 5.74) is 0.0440. The quantitative estimate of drug-likeness (QED) is 0.784. The van der Waals surface area contributed by atoms with Crippen LogP contribution in [0.3, 0.4) is 0 Å². The van der Waals surface area contributed by atoms with Crippen molar-refractivity contribution in [1.29, 1.82) is 0 Å². The number of carbonyl (C=O) groups is 1. The van der Waals surface area contributed by atoms with Gasteiger partial charge in [-0.1, -0.05) is 27.7 Å². The predicted octanol–water partition coefficient (Wildman–Crippen LogP) is 4.44. The van der Waals surface area contributed by atoms with Crippen LogP contribution in [0.1, 0.15) is 74.1 Å². The van der Waals surface area contributed by atoms with Crippen molar-refractivity contribution in [2.45, 2.75) is 85.8 Å². The molecule has 1 saturated carbocycles. The summed E-state index contributed by atoms with van der Waals surface area (Å²) >= 11 is 0. The molecule has 1 N–H and O–H groups in total. The SMILES string of the molecule is CCCN(CCNC1CCC(C)(C)CC1C)C(=O)OC(C)(C)C. The lowest BCUT2D eigenvalue weighted by Gasteiger charge is -2.40. The van der Waals surface area contributed by atoms with E-state index in [1.807, 2.05) is 25.7 Å². The first-order valence-corrected chi connectivity index (χ1v) is 9.25. The molecule has 4 nitrogen and oxygen atoms in total. The van der Waals surface area contributed by atoms with Crippen molar-refractivity contribution in [2.75, 3.05) is 19.6 Å². The van der Waals surface area contributed by atoms with E-state index in [9.17, 15) is 4.79 Å². The van der Waals surface area contributed by atoms with Gasteiger partial charge in [-0.25, -0.2) is 4.79 Å². The predicted molar refractivity (Wildman–Crippen MR) is 96.7 cm³/mol. The Labute approximate surface area is 143 Å². The third kappa shape index (κ3) is 7.56. The molecular weight excluding hydrogens is 288 g/mol. The van der Waals surface area contributed by atoms with Gasteiger partial charge in [0.15, 0.2) is 0 Å². The number of hydrogen-bond acceptors (Lipinski definition) is 3. The lowest BCUT2D eigenvalue weighted by atomic mass is 9.70. The number of ether oxygens (including phenoxy) is 1. The Hall–Kier alpha value is -0.770. The fourth-order valence-electron chi connectivity index (χ4n) is 3.53. The molecule has 0 heterocycles. The number of carbonyl (C=O) groups excluding carboxylic acids is 1. The largest absolute Gasteiger partial charge is 0.444 e. The molecule has 136 valence electrons. The Bertz CT molecular complexity index is 374. The summed E-state index contributed by atoms with van der Waals surface area (Å²) < 4.78 is 5.50. The zero-order chi connectivity index (χ0) is 17.7. The van der Waals surface area contributed by atoms with Gasteiger partial charge in [0, 0.05) is 25.7 Å². The highest BCUT2D eigenvalue weighted by molar-refractivity contribution is 5.68. The number of rotatable bonds is 6. The maximum atomic E-state index is 12.3. The van der Waals surface area contributed by atoms with Gasteiger partial charge < -0.3 is 15.0 Å². The first-order chi connectivity index (χ1) is 10.5. The standard InChI is InChI=1S/C19H38N2O2/c1-8-12-21(17(22)23-18(3,4)5)13-11-20-16-9-10-19(6,7)14-15(16)2/h15-16,20H,8-14H2,1-7H3. The van der Waals surface area contributed by atoms with Gasteiger partial charge >= 0.3 is 6.09 Å². The van der Waals surface area contributed by atoms with Crippen LogP contribution in [0.4, 0.5) is 4.79 Å². The molecule has 2 atom stereocenters. The molecule has 4 heteroatoms. The molecule has 0 saturated heterocycles. The van der Waals surface area contributed by atoms with Crippen LogP contribution >= 0.6 is 0 Å². The van der Waals surface area contributed by atoms with Crippen LogP contribution in [0.5, 0.6) is 0 Å². The van der Waals surface area contributed by atoms with Crippen LogP contribution in [0, 0.1) is 11.3 Å². The van der Waals surface area contributed by atoms with Crippen molar-refractivity contribution in [3.05, 3.63) is 0 Å². The third-order valence-electron chi connectivity index (χ3n) is 4.63. The van der Waals surface area contributed by atoms with E-state index in [2.05, 4.69) is 33.0 Å². The number of hydrogen-bond donors (Lipinski definition) is 1. The highest BCUT2D eigenvalue weighted by Gasteiger charge is 2.32. The normalized spacial score (nSPS) is 24.3. The van der Waals surface area contributed by atoms with E-state index in [0.717, 1.165) is 26.1 Å². The molecule has 0 spiro atoms. The van der Waals surface area contributed by atoms with Crippen LogP contribution in [0.25, 0.3) is 0 Å². The van der Waals surface area contributed by atoms with E-state index in [0.29, 0.717) is 17.4 Å². The first-order valence-electron chi connectivity index (χ1n) is 9.25. The van der Waals surface area contributed by atoms with E-state index < -0.39 is 5.60 Å². The minimum Gasteiger partial charge on any atom is -0.444 e. The molecule has 2 unspecified atom stereocenters. The Morgan fingerprint density at radius 1 is 1.30 bits per heavy atom. The van der Waals surface area contributed by atoms with Crippen LogP contribution < -0.4 is 5.32 Å². The van der Waals surface area contributed by atoms with Gasteiger partial charge in [0.2, 0.25) is 0 Å². The molecule has 1 aliphatic carbocycles. The fraction of sp³-hybridized carbons (Fsp3) is 0.947. The van der Waals surface area contributed by atoms with Crippen LogP contribution in [0.15, 0.2) is 0 Å². The third-order valence-corrected chi connectivity index (χ3v) is 4.63. The summed E-state index contributed by atoms with van der Waals surface area (Å²) in [5, 5.41) is 3.67. The second kappa shape index (κ2) is 8.36. The molecule has 1 aliphatic rings. The van der Waals surface area contributed by atoms with E-state index in [1.54, 1.807) is 0 Å². The molecule has 1 amide bonds. The summed E-state index contributed by atoms with van der Waals surface area (Å²) in [6.45, 7) is 17.2. The molecule has 1 fully saturated rings. The maximum absolute atomic E-state index is 12.3. The Balaban J connectivity index is 2.42. The van der Waals surface area contributed by atoms with Gasteiger partial charge in [-0.05, 0) is 57.8 Å². The van der Waals surface area contributed by atoms with E-state index >= 15 is 0 Å². The Morgan fingerprint density at radius 2 is 1.96 bits per heavy atom. The summed E-state index contributed by atoms with van der Waals surface area (Å²) in [4.78, 5) is 14.1. The molecule has 0 radical (unpaired) electrons. The van der Waals surface area contributed by atoms with E-state index in [1.165, 1.54) is 19.3 Å². The monoisotopic (exact) mass is 326 g/mol. The van der Waals surface area contributed by atoms with Crippen molar-refractivity contribution in [3.8, 4) is 0 Å². The Kier molecular flexibility index (Phi) is 7.37. The zero-order valence-electron chi connectivity index (χ0n) is 16.4. The van der Waals surface area contributed by atoms with Crippen LogP contribution in [-0.4, -0.2) is 42.3 Å². The number of nitrogens with zero attached hydrogens (tertiary/aromatic N) is 1. The summed E-state index contributed by atoms with van der Waals surface area (Å²) in [5.74, 6) is 0.694. The fourth-order valence-corrected chi connectivity index (χ4v) is 3.53. The van der Waals surface area contributed by atoms with E-state index in [4.69, 9.17) is 4.74 Å². The van der Waals surface area contributed by atoms with Crippen LogP contribution in [-0.2, 0) is 4.74 Å². The lowest BCUT2D eigenvalue weighted by molar-refractivity contribution is 0.0248. The lowest BCUT2D eigenvalue weighted by Crippen LogP contribution is -2.46. The minimum absolute atomic E-state index is 0.195. The van der Waals surface area contributed by atoms with Crippen molar-refractivity contribution in [2.24, 2.45) is 11.3 Å². The van der Waals surface area contributed by atoms with E-state index in [-0.39, 0.29) is 6.09 Å². The van der Waals surface area contributed by atoms with Crippen LogP contribution in [0.2, 0.25) is 0 Å². The molecule has 0 aliphatic heterocycles. The van der Waals surface area contributed by atoms with Gasteiger partial charge in [-0.15, -0.1) is 0 Å². The molecule has 1 rings (SSSR count). The molecule has 23 heavy (non-hydrogen) atoms. The zero-order valence-corrected chi connectivity index (χ0v) is 16.4. The Morgan fingerprint density at radius 3 is 2.48 bits per heavy atom. The average molecular weight is 327 g/mol. The highest BCUT2D eigenvalue weighted by atomic mass is 16.6. The van der Waals surface area contributed by atoms with Gasteiger partial charge in [-0.3, -0.25) is 0 Å². The highest BCUT2D eigenvalue weighted by Crippen LogP contribution is 2.38. The minimum atomic E-state index is -0.431. The average Bonchev–Trinajstić information content (AvgIpc) is 2.37. The van der Waals surface area contributed by atoms with Gasteiger partial charge in [0.1, 0.15) is 5.60 Å². The molecule has 0 bridgehead atoms. The van der Waals surface area contributed by atoms with Gasteiger partial charge in [0.25, 0.3) is 0 Å². The smallest absolute Gasteiger partial charge is 0.410 e. The molecule has 0 aromatic carbocycles. The second-order valence-corrected chi connectivity index (χ2v) is 8.91. The van der Waals surface area contributed by atoms with Crippen molar-refractivity contribution < 1.29 is 9.53 Å². The topological polar surface area (TPSA) is 41.6 Å². The second-order valence-electron chi connectivity index (χ2n) is 8.91. The van der Waals surface area contributed by atoms with Crippen molar-refractivity contribution in [1.82, 2.24) is 10.2 Å². The van der Waals surface area contributed by atoms with Gasteiger partial charge in [0.05, 0.1) is 0 Å². The maximum Gasteiger partial charge on any atom is 0.410 e. The number of nitrogens with one attached hydrogen (secondary N) is 1. The molecule has 0 aromatic rings. The van der Waals surface area contributed by atoms with Crippen molar-refractivity contribution in [3.63, 3.8) is 0 Å². The molecule has 0 aromatic heterocycles. The summed E-state index contributed by atoms with van der Waals surface area (Å²) in [6, 6.07) is 0.574. The van der Waals surface area contributed by atoms with Gasteiger partial charge in [-0.2, -0.15) is 0 Å². The summed E-state index contributed by atoms with van der Waals surface area (Å²) in [6.07, 6.45) is 4.54. The molecular formula is C19H38N2O2. The van der Waals surface area contributed by atoms with Crippen molar-refractivity contribution >= 4 is 6.09 Å². The summed E-state index contributed by atoms with van der Waals surface area (Å²) in [7, 11) is 0. The first kappa shape index (κ1) is 20.3. The number of amides is 1.